The fourth-order valence-electron chi connectivity index (χ4n) is 2.20. The van der Waals surface area contributed by atoms with Crippen molar-refractivity contribution in [3.05, 3.63) is 28.8 Å². The fraction of sp³-hybridized carbons (Fsp3) is 0.462. The molecule has 98 valence electrons. The summed E-state index contributed by atoms with van der Waals surface area (Å²) >= 11 is 5.98. The van der Waals surface area contributed by atoms with Gasteiger partial charge in [0.1, 0.15) is 0 Å². The second-order valence-corrected chi connectivity index (χ2v) is 5.13. The summed E-state index contributed by atoms with van der Waals surface area (Å²) in [5.74, 6) is -0.179. The first-order valence-corrected chi connectivity index (χ1v) is 6.48. The van der Waals surface area contributed by atoms with Crippen LogP contribution in [-0.4, -0.2) is 23.2 Å². The predicted molar refractivity (Wildman–Crippen MR) is 71.6 cm³/mol. The molecule has 0 saturated heterocycles. The van der Waals surface area contributed by atoms with Gasteiger partial charge < -0.3 is 16.2 Å². The van der Waals surface area contributed by atoms with E-state index in [1.807, 2.05) is 0 Å². The molecule has 1 aromatic rings. The van der Waals surface area contributed by atoms with Gasteiger partial charge in [0.05, 0.1) is 16.7 Å². The zero-order chi connectivity index (χ0) is 13.1. The van der Waals surface area contributed by atoms with E-state index in [2.05, 4.69) is 5.32 Å². The molecule has 18 heavy (non-hydrogen) atoms. The fourth-order valence-corrected chi connectivity index (χ4v) is 2.47. The molecule has 1 aromatic carbocycles. The van der Waals surface area contributed by atoms with Gasteiger partial charge in [0, 0.05) is 11.7 Å². The lowest BCUT2D eigenvalue weighted by Crippen LogP contribution is -2.38. The van der Waals surface area contributed by atoms with Crippen LogP contribution in [0.15, 0.2) is 18.2 Å². The minimum Gasteiger partial charge on any atom is -0.399 e. The first-order valence-electron chi connectivity index (χ1n) is 6.10. The molecule has 4 nitrogen and oxygen atoms in total. The number of aliphatic hydroxyl groups excluding tert-OH is 1. The Kier molecular flexibility index (Phi) is 4.09. The summed E-state index contributed by atoms with van der Waals surface area (Å²) in [7, 11) is 0. The largest absolute Gasteiger partial charge is 0.399 e. The number of nitrogens with two attached hydrogens (primary N) is 1. The monoisotopic (exact) mass is 268 g/mol. The van der Waals surface area contributed by atoms with Gasteiger partial charge >= 0.3 is 0 Å². The Hall–Kier alpha value is -1.26. The van der Waals surface area contributed by atoms with Gasteiger partial charge in [0.2, 0.25) is 0 Å². The number of benzene rings is 1. The topological polar surface area (TPSA) is 75.4 Å². The van der Waals surface area contributed by atoms with Gasteiger partial charge in [-0.05, 0) is 43.9 Å². The van der Waals surface area contributed by atoms with E-state index in [0.29, 0.717) is 16.3 Å². The minimum atomic E-state index is -0.224. The molecule has 5 heteroatoms. The van der Waals surface area contributed by atoms with E-state index in [1.54, 1.807) is 18.2 Å². The lowest BCUT2D eigenvalue weighted by Gasteiger charge is -2.26. The molecule has 1 aliphatic carbocycles. The highest BCUT2D eigenvalue weighted by molar-refractivity contribution is 6.34. The van der Waals surface area contributed by atoms with Crippen molar-refractivity contribution in [3.8, 4) is 0 Å². The number of nitrogen functional groups attached to an aromatic ring is 1. The molecule has 0 aromatic heterocycles. The van der Waals surface area contributed by atoms with Crippen molar-refractivity contribution in [1.82, 2.24) is 5.32 Å². The van der Waals surface area contributed by atoms with Gasteiger partial charge in [0.15, 0.2) is 0 Å². The highest BCUT2D eigenvalue weighted by Gasteiger charge is 2.21. The van der Waals surface area contributed by atoms with Gasteiger partial charge in [-0.25, -0.2) is 0 Å². The normalized spacial score (nSPS) is 23.7. The quantitative estimate of drug-likeness (QED) is 0.718. The van der Waals surface area contributed by atoms with Gasteiger partial charge in [-0.2, -0.15) is 0 Å². The summed E-state index contributed by atoms with van der Waals surface area (Å²) in [6, 6.07) is 4.98. The number of carbonyl (C=O) groups excluding carboxylic acids is 1. The van der Waals surface area contributed by atoms with E-state index in [4.69, 9.17) is 17.3 Å². The smallest absolute Gasteiger partial charge is 0.253 e. The van der Waals surface area contributed by atoms with Crippen LogP contribution in [0.5, 0.6) is 0 Å². The van der Waals surface area contributed by atoms with Crippen LogP contribution in [0.2, 0.25) is 5.02 Å². The number of hydrogen-bond acceptors (Lipinski definition) is 3. The first-order chi connectivity index (χ1) is 8.56. The number of rotatable bonds is 2. The Bertz CT molecular complexity index is 443. The van der Waals surface area contributed by atoms with E-state index in [0.717, 1.165) is 25.7 Å². The number of hydrogen-bond donors (Lipinski definition) is 3. The van der Waals surface area contributed by atoms with E-state index < -0.39 is 0 Å². The maximum absolute atomic E-state index is 12.0. The van der Waals surface area contributed by atoms with Gasteiger partial charge in [0.25, 0.3) is 5.91 Å². The lowest BCUT2D eigenvalue weighted by atomic mass is 9.93. The maximum atomic E-state index is 12.0. The predicted octanol–water partition coefficient (Wildman–Crippen LogP) is 1.96. The van der Waals surface area contributed by atoms with Crippen LogP contribution >= 0.6 is 11.6 Å². The van der Waals surface area contributed by atoms with E-state index in [9.17, 15) is 9.90 Å². The number of anilines is 1. The summed E-state index contributed by atoms with van der Waals surface area (Å²) in [4.78, 5) is 12.0. The summed E-state index contributed by atoms with van der Waals surface area (Å²) in [6.07, 6.45) is 2.86. The first kappa shape index (κ1) is 13.2. The van der Waals surface area contributed by atoms with Crippen molar-refractivity contribution in [2.45, 2.75) is 37.8 Å². The second-order valence-electron chi connectivity index (χ2n) is 4.72. The van der Waals surface area contributed by atoms with Crippen molar-refractivity contribution in [3.63, 3.8) is 0 Å². The molecule has 4 N–H and O–H groups in total. The van der Waals surface area contributed by atoms with Crippen LogP contribution in [0.25, 0.3) is 0 Å². The second kappa shape index (κ2) is 5.59. The molecule has 0 spiro atoms. The third-order valence-corrected chi connectivity index (χ3v) is 3.58. The van der Waals surface area contributed by atoms with Crippen LogP contribution in [0.4, 0.5) is 5.69 Å². The van der Waals surface area contributed by atoms with Crippen LogP contribution in [0.1, 0.15) is 36.0 Å². The highest BCUT2D eigenvalue weighted by atomic mass is 35.5. The zero-order valence-corrected chi connectivity index (χ0v) is 10.8. The van der Waals surface area contributed by atoms with Gasteiger partial charge in [-0.3, -0.25) is 4.79 Å². The van der Waals surface area contributed by atoms with Crippen molar-refractivity contribution < 1.29 is 9.90 Å². The van der Waals surface area contributed by atoms with Crippen LogP contribution in [0, 0.1) is 0 Å². The Balaban J connectivity index is 1.99. The van der Waals surface area contributed by atoms with Crippen LogP contribution in [0.3, 0.4) is 0 Å². The third-order valence-electron chi connectivity index (χ3n) is 3.27. The molecule has 0 atom stereocenters. The van der Waals surface area contributed by atoms with Crippen molar-refractivity contribution in [2.75, 3.05) is 5.73 Å². The Morgan fingerprint density at radius 1 is 1.33 bits per heavy atom. The average Bonchev–Trinajstić information content (AvgIpc) is 2.32. The highest BCUT2D eigenvalue weighted by Crippen LogP contribution is 2.21. The number of halogens is 1. The van der Waals surface area contributed by atoms with Crippen LogP contribution in [-0.2, 0) is 0 Å². The number of nitrogens with one attached hydrogen (secondary N) is 1. The summed E-state index contributed by atoms with van der Waals surface area (Å²) in [5, 5.41) is 12.7. The SMILES string of the molecule is Nc1ccc(C(=O)NC2CCC(O)CC2)c(Cl)c1. The molecule has 1 aliphatic rings. The number of amides is 1. The summed E-state index contributed by atoms with van der Waals surface area (Å²) in [5.41, 5.74) is 6.56. The standard InChI is InChI=1S/C13H17ClN2O2/c14-12-7-8(15)1-6-11(12)13(18)16-9-2-4-10(17)5-3-9/h1,6-7,9-10,17H,2-5,15H2,(H,16,18). The van der Waals surface area contributed by atoms with Gasteiger partial charge in [-0.1, -0.05) is 11.6 Å². The molecule has 1 saturated carbocycles. The van der Waals surface area contributed by atoms with E-state index in [1.165, 1.54) is 0 Å². The minimum absolute atomic E-state index is 0.120. The van der Waals surface area contributed by atoms with Crippen molar-refractivity contribution in [2.24, 2.45) is 0 Å². The zero-order valence-electron chi connectivity index (χ0n) is 10.0. The molecule has 2 rings (SSSR count). The van der Waals surface area contributed by atoms with E-state index >= 15 is 0 Å². The van der Waals surface area contributed by atoms with Crippen molar-refractivity contribution in [1.29, 1.82) is 0 Å². The van der Waals surface area contributed by atoms with Crippen molar-refractivity contribution >= 4 is 23.2 Å². The molecule has 1 fully saturated rings. The molecule has 0 heterocycles. The Morgan fingerprint density at radius 2 is 2.00 bits per heavy atom. The molecule has 1 amide bonds. The lowest BCUT2D eigenvalue weighted by molar-refractivity contribution is 0.0868. The number of carbonyl (C=O) groups is 1. The van der Waals surface area contributed by atoms with Gasteiger partial charge in [-0.15, -0.1) is 0 Å². The molecule has 0 unspecified atom stereocenters. The molecular formula is C13H17ClN2O2. The molecular weight excluding hydrogens is 252 g/mol. The van der Waals surface area contributed by atoms with E-state index in [-0.39, 0.29) is 18.1 Å². The molecule has 0 radical (unpaired) electrons. The van der Waals surface area contributed by atoms with Crippen LogP contribution < -0.4 is 11.1 Å². The number of aliphatic hydroxyl groups is 1. The summed E-state index contributed by atoms with van der Waals surface area (Å²) < 4.78 is 0. The maximum Gasteiger partial charge on any atom is 0.253 e. The summed E-state index contributed by atoms with van der Waals surface area (Å²) in [6.45, 7) is 0. The Labute approximate surface area is 111 Å². The molecule has 0 aliphatic heterocycles. The molecule has 0 bridgehead atoms. The average molecular weight is 269 g/mol. The Morgan fingerprint density at radius 3 is 2.61 bits per heavy atom. The third kappa shape index (κ3) is 3.15.